The summed E-state index contributed by atoms with van der Waals surface area (Å²) in [6.07, 6.45) is 5.00. The van der Waals surface area contributed by atoms with Crippen LogP contribution in [0.4, 0.5) is 0 Å². The quantitative estimate of drug-likeness (QED) is 0.618. The number of aromatic nitrogens is 1. The number of thiazole rings is 1. The SMILES string of the molecule is CN=C(NCCc1nc(C)c(C)s1)NCCN1CCCCC1C. The number of aliphatic imine (C=N–C) groups is 1. The number of hydrogen-bond donors (Lipinski definition) is 2. The van der Waals surface area contributed by atoms with Gasteiger partial charge in [-0.1, -0.05) is 6.42 Å². The summed E-state index contributed by atoms with van der Waals surface area (Å²) in [7, 11) is 1.83. The second-order valence-electron chi connectivity index (χ2n) is 6.31. The molecule has 0 amide bonds. The first-order valence-corrected chi connectivity index (χ1v) is 9.53. The lowest BCUT2D eigenvalue weighted by Crippen LogP contribution is -2.45. The molecule has 130 valence electrons. The third kappa shape index (κ3) is 5.77. The maximum Gasteiger partial charge on any atom is 0.191 e. The maximum absolute atomic E-state index is 4.58. The lowest BCUT2D eigenvalue weighted by molar-refractivity contribution is 0.163. The van der Waals surface area contributed by atoms with Crippen LogP contribution >= 0.6 is 11.3 Å². The van der Waals surface area contributed by atoms with Gasteiger partial charge in [0.05, 0.1) is 10.7 Å². The van der Waals surface area contributed by atoms with E-state index >= 15 is 0 Å². The van der Waals surface area contributed by atoms with E-state index < -0.39 is 0 Å². The highest BCUT2D eigenvalue weighted by Gasteiger charge is 2.17. The lowest BCUT2D eigenvalue weighted by atomic mass is 10.0. The Bertz CT molecular complexity index is 492. The average Bonchev–Trinajstić information content (AvgIpc) is 2.86. The Morgan fingerprint density at radius 2 is 2.09 bits per heavy atom. The van der Waals surface area contributed by atoms with E-state index in [0.717, 1.165) is 43.8 Å². The Balaban J connectivity index is 1.65. The van der Waals surface area contributed by atoms with E-state index in [1.165, 1.54) is 35.7 Å². The van der Waals surface area contributed by atoms with Crippen molar-refractivity contribution in [1.82, 2.24) is 20.5 Å². The van der Waals surface area contributed by atoms with E-state index in [1.54, 1.807) is 11.3 Å². The van der Waals surface area contributed by atoms with Crippen molar-refractivity contribution in [3.63, 3.8) is 0 Å². The van der Waals surface area contributed by atoms with Gasteiger partial charge >= 0.3 is 0 Å². The van der Waals surface area contributed by atoms with Gasteiger partial charge in [-0.2, -0.15) is 0 Å². The van der Waals surface area contributed by atoms with Crippen molar-refractivity contribution in [2.24, 2.45) is 4.99 Å². The van der Waals surface area contributed by atoms with E-state index in [1.807, 2.05) is 7.05 Å². The fourth-order valence-corrected chi connectivity index (χ4v) is 3.90. The van der Waals surface area contributed by atoms with Crippen LogP contribution in [-0.4, -0.2) is 55.1 Å². The van der Waals surface area contributed by atoms with Crippen LogP contribution in [0.5, 0.6) is 0 Å². The van der Waals surface area contributed by atoms with Crippen molar-refractivity contribution in [2.45, 2.75) is 52.5 Å². The summed E-state index contributed by atoms with van der Waals surface area (Å²) in [6.45, 7) is 10.7. The van der Waals surface area contributed by atoms with Crippen LogP contribution in [0, 0.1) is 13.8 Å². The van der Waals surface area contributed by atoms with Gasteiger partial charge in [-0.05, 0) is 40.2 Å². The van der Waals surface area contributed by atoms with E-state index in [0.29, 0.717) is 0 Å². The lowest BCUT2D eigenvalue weighted by Gasteiger charge is -2.33. The largest absolute Gasteiger partial charge is 0.356 e. The Hall–Kier alpha value is -1.14. The molecule has 1 unspecified atom stereocenters. The summed E-state index contributed by atoms with van der Waals surface area (Å²) in [6, 6.07) is 0.719. The van der Waals surface area contributed by atoms with Crippen molar-refractivity contribution in [1.29, 1.82) is 0 Å². The molecule has 23 heavy (non-hydrogen) atoms. The summed E-state index contributed by atoms with van der Waals surface area (Å²) < 4.78 is 0. The number of hydrogen-bond acceptors (Lipinski definition) is 4. The van der Waals surface area contributed by atoms with Gasteiger partial charge in [-0.15, -0.1) is 11.3 Å². The molecule has 0 saturated carbocycles. The number of nitrogens with one attached hydrogen (secondary N) is 2. The van der Waals surface area contributed by atoms with E-state index in [9.17, 15) is 0 Å². The molecule has 1 aromatic heterocycles. The number of rotatable bonds is 6. The van der Waals surface area contributed by atoms with Crippen LogP contribution < -0.4 is 10.6 Å². The van der Waals surface area contributed by atoms with Crippen molar-refractivity contribution >= 4 is 17.3 Å². The van der Waals surface area contributed by atoms with Crippen LogP contribution in [0.25, 0.3) is 0 Å². The van der Waals surface area contributed by atoms with Gasteiger partial charge in [0.25, 0.3) is 0 Å². The number of aryl methyl sites for hydroxylation is 2. The van der Waals surface area contributed by atoms with Crippen molar-refractivity contribution in [3.05, 3.63) is 15.6 Å². The molecule has 2 heterocycles. The van der Waals surface area contributed by atoms with Crippen molar-refractivity contribution < 1.29 is 0 Å². The minimum absolute atomic E-state index is 0.719. The molecule has 2 rings (SSSR count). The Kier molecular flexibility index (Phi) is 7.30. The van der Waals surface area contributed by atoms with Gasteiger partial charge in [-0.3, -0.25) is 9.89 Å². The van der Waals surface area contributed by atoms with Crippen molar-refractivity contribution in [2.75, 3.05) is 33.2 Å². The van der Waals surface area contributed by atoms with Gasteiger partial charge in [0.15, 0.2) is 5.96 Å². The van der Waals surface area contributed by atoms with Gasteiger partial charge in [-0.25, -0.2) is 4.98 Å². The molecule has 1 atom stereocenters. The Morgan fingerprint density at radius 1 is 1.30 bits per heavy atom. The fraction of sp³-hybridized carbons (Fsp3) is 0.765. The third-order valence-electron chi connectivity index (χ3n) is 4.56. The predicted molar refractivity (Wildman–Crippen MR) is 99.5 cm³/mol. The monoisotopic (exact) mass is 337 g/mol. The van der Waals surface area contributed by atoms with Crippen LogP contribution in [0.1, 0.15) is 41.8 Å². The zero-order valence-electron chi connectivity index (χ0n) is 15.0. The average molecular weight is 338 g/mol. The highest BCUT2D eigenvalue weighted by Crippen LogP contribution is 2.16. The molecule has 0 radical (unpaired) electrons. The zero-order chi connectivity index (χ0) is 16.7. The Morgan fingerprint density at radius 3 is 2.74 bits per heavy atom. The van der Waals surface area contributed by atoms with E-state index in [4.69, 9.17) is 0 Å². The van der Waals surface area contributed by atoms with Crippen LogP contribution in [-0.2, 0) is 6.42 Å². The van der Waals surface area contributed by atoms with Gasteiger partial charge in [0, 0.05) is 44.0 Å². The number of nitrogens with zero attached hydrogens (tertiary/aromatic N) is 3. The molecule has 5 nitrogen and oxygen atoms in total. The van der Waals surface area contributed by atoms with Gasteiger partial charge < -0.3 is 10.6 Å². The maximum atomic E-state index is 4.58. The highest BCUT2D eigenvalue weighted by molar-refractivity contribution is 7.11. The Labute approximate surface area is 144 Å². The number of likely N-dealkylation sites (tertiary alicyclic amines) is 1. The molecule has 1 fully saturated rings. The summed E-state index contributed by atoms with van der Waals surface area (Å²) >= 11 is 1.79. The molecule has 0 bridgehead atoms. The molecule has 1 saturated heterocycles. The summed E-state index contributed by atoms with van der Waals surface area (Å²) in [4.78, 5) is 12.8. The molecular formula is C17H31N5S. The van der Waals surface area contributed by atoms with Crippen molar-refractivity contribution in [3.8, 4) is 0 Å². The van der Waals surface area contributed by atoms with Crippen LogP contribution in [0.3, 0.4) is 0 Å². The molecule has 0 aliphatic carbocycles. The third-order valence-corrected chi connectivity index (χ3v) is 5.69. The standard InChI is InChI=1S/C17H31N5S/c1-13-7-5-6-11-22(13)12-10-20-17(18-4)19-9-8-16-21-14(2)15(3)23-16/h13H,5-12H2,1-4H3,(H2,18,19,20). The molecule has 1 aliphatic heterocycles. The number of piperidine rings is 1. The second kappa shape index (κ2) is 9.23. The molecule has 6 heteroatoms. The van der Waals surface area contributed by atoms with Gasteiger partial charge in [0.1, 0.15) is 0 Å². The molecule has 1 aromatic rings. The first kappa shape index (κ1) is 18.2. The smallest absolute Gasteiger partial charge is 0.191 e. The minimum atomic E-state index is 0.719. The highest BCUT2D eigenvalue weighted by atomic mass is 32.1. The minimum Gasteiger partial charge on any atom is -0.356 e. The predicted octanol–water partition coefficient (Wildman–Crippen LogP) is 2.34. The first-order valence-electron chi connectivity index (χ1n) is 8.71. The molecular weight excluding hydrogens is 306 g/mol. The van der Waals surface area contributed by atoms with Gasteiger partial charge in [0.2, 0.25) is 0 Å². The molecule has 1 aliphatic rings. The first-order chi connectivity index (χ1) is 11.1. The summed E-state index contributed by atoms with van der Waals surface area (Å²) in [5, 5.41) is 8.00. The van der Waals surface area contributed by atoms with Crippen LogP contribution in [0.2, 0.25) is 0 Å². The topological polar surface area (TPSA) is 52.6 Å². The summed E-state index contributed by atoms with van der Waals surface area (Å²) in [5.41, 5.74) is 1.16. The fourth-order valence-electron chi connectivity index (χ4n) is 2.96. The molecule has 2 N–H and O–H groups in total. The molecule has 0 spiro atoms. The summed E-state index contributed by atoms with van der Waals surface area (Å²) in [5.74, 6) is 0.889. The second-order valence-corrected chi connectivity index (χ2v) is 7.59. The van der Waals surface area contributed by atoms with E-state index in [-0.39, 0.29) is 0 Å². The zero-order valence-corrected chi connectivity index (χ0v) is 15.8. The number of guanidine groups is 1. The molecule has 0 aromatic carbocycles. The van der Waals surface area contributed by atoms with E-state index in [2.05, 4.69) is 46.3 Å². The van der Waals surface area contributed by atoms with Crippen LogP contribution in [0.15, 0.2) is 4.99 Å². The normalized spacial score (nSPS) is 19.8.